The van der Waals surface area contributed by atoms with Gasteiger partial charge in [0.15, 0.2) is 5.78 Å². The Kier molecular flexibility index (Phi) is 3.99. The van der Waals surface area contributed by atoms with Crippen LogP contribution in [-0.2, 0) is 12.8 Å². The van der Waals surface area contributed by atoms with E-state index in [1.807, 2.05) is 18.2 Å². The molecule has 0 atom stereocenters. The third-order valence-corrected chi connectivity index (χ3v) is 5.62. The highest BCUT2D eigenvalue weighted by Crippen LogP contribution is 2.36. The SMILES string of the molecule is CC(=O)c1ccc(Sc2ccc3c(c2)CCC3)c(Br)c1. The van der Waals surface area contributed by atoms with Gasteiger partial charge in [0.1, 0.15) is 0 Å². The predicted molar refractivity (Wildman–Crippen MR) is 86.7 cm³/mol. The van der Waals surface area contributed by atoms with Crippen LogP contribution in [0.25, 0.3) is 0 Å². The summed E-state index contributed by atoms with van der Waals surface area (Å²) in [6.07, 6.45) is 3.70. The van der Waals surface area contributed by atoms with Crippen LogP contribution >= 0.6 is 27.7 Å². The normalized spacial score (nSPS) is 13.3. The quantitative estimate of drug-likeness (QED) is 0.702. The van der Waals surface area contributed by atoms with E-state index in [0.29, 0.717) is 0 Å². The third-order valence-electron chi connectivity index (χ3n) is 3.64. The fourth-order valence-corrected chi connectivity index (χ4v) is 4.05. The van der Waals surface area contributed by atoms with Crippen LogP contribution in [0.3, 0.4) is 0 Å². The van der Waals surface area contributed by atoms with E-state index in [1.54, 1.807) is 18.7 Å². The van der Waals surface area contributed by atoms with Crippen LogP contribution in [0.15, 0.2) is 50.7 Å². The molecule has 102 valence electrons. The van der Waals surface area contributed by atoms with Crippen LogP contribution in [0.1, 0.15) is 34.8 Å². The summed E-state index contributed by atoms with van der Waals surface area (Å²) in [5.41, 5.74) is 3.74. The minimum Gasteiger partial charge on any atom is -0.295 e. The molecule has 0 saturated carbocycles. The molecule has 3 heteroatoms. The van der Waals surface area contributed by atoms with Gasteiger partial charge in [-0.05, 0) is 77.5 Å². The number of carbonyl (C=O) groups is 1. The number of ketones is 1. The molecular weight excluding hydrogens is 332 g/mol. The van der Waals surface area contributed by atoms with E-state index < -0.39 is 0 Å². The van der Waals surface area contributed by atoms with Crippen molar-refractivity contribution in [1.29, 1.82) is 0 Å². The van der Waals surface area contributed by atoms with Crippen molar-refractivity contribution < 1.29 is 4.79 Å². The van der Waals surface area contributed by atoms with E-state index in [4.69, 9.17) is 0 Å². The zero-order valence-electron chi connectivity index (χ0n) is 11.3. The molecule has 0 aromatic heterocycles. The molecule has 1 nitrogen and oxygen atoms in total. The number of carbonyl (C=O) groups excluding carboxylic acids is 1. The van der Waals surface area contributed by atoms with Crippen molar-refractivity contribution in [3.05, 3.63) is 57.6 Å². The molecule has 0 aliphatic heterocycles. The largest absolute Gasteiger partial charge is 0.295 e. The lowest BCUT2D eigenvalue weighted by atomic mass is 10.1. The second-order valence-corrected chi connectivity index (χ2v) is 7.06. The summed E-state index contributed by atoms with van der Waals surface area (Å²) >= 11 is 5.30. The van der Waals surface area contributed by atoms with E-state index in [-0.39, 0.29) is 5.78 Å². The number of fused-ring (bicyclic) bond motifs is 1. The Morgan fingerprint density at radius 1 is 1.10 bits per heavy atom. The van der Waals surface area contributed by atoms with Crippen molar-refractivity contribution in [2.45, 2.75) is 36.0 Å². The summed E-state index contributed by atoms with van der Waals surface area (Å²) in [6.45, 7) is 1.59. The first-order valence-electron chi connectivity index (χ1n) is 6.73. The molecule has 20 heavy (non-hydrogen) atoms. The molecule has 0 spiro atoms. The van der Waals surface area contributed by atoms with Gasteiger partial charge in [0.25, 0.3) is 0 Å². The van der Waals surface area contributed by atoms with Crippen LogP contribution in [-0.4, -0.2) is 5.78 Å². The minimum absolute atomic E-state index is 0.0970. The minimum atomic E-state index is 0.0970. The number of Topliss-reactive ketones (excluding diaryl/α,β-unsaturated/α-hetero) is 1. The number of benzene rings is 2. The maximum atomic E-state index is 11.4. The number of hydrogen-bond acceptors (Lipinski definition) is 2. The molecule has 0 heterocycles. The van der Waals surface area contributed by atoms with Crippen LogP contribution < -0.4 is 0 Å². The molecule has 0 unspecified atom stereocenters. The summed E-state index contributed by atoms with van der Waals surface area (Å²) in [6, 6.07) is 12.6. The maximum absolute atomic E-state index is 11.4. The molecule has 0 N–H and O–H groups in total. The molecule has 3 rings (SSSR count). The van der Waals surface area contributed by atoms with Gasteiger partial charge in [0.2, 0.25) is 0 Å². The Bertz CT molecular complexity index is 679. The average molecular weight is 347 g/mol. The van der Waals surface area contributed by atoms with Gasteiger partial charge < -0.3 is 0 Å². The van der Waals surface area contributed by atoms with Gasteiger partial charge in [-0.15, -0.1) is 0 Å². The zero-order chi connectivity index (χ0) is 14.1. The summed E-state index contributed by atoms with van der Waals surface area (Å²) in [7, 11) is 0. The van der Waals surface area contributed by atoms with Crippen LogP contribution in [0.5, 0.6) is 0 Å². The van der Waals surface area contributed by atoms with E-state index in [2.05, 4.69) is 34.1 Å². The molecule has 1 aliphatic carbocycles. The molecular formula is C17H15BrOS. The average Bonchev–Trinajstić information content (AvgIpc) is 2.88. The van der Waals surface area contributed by atoms with Gasteiger partial charge in [0.05, 0.1) is 0 Å². The number of halogens is 1. The lowest BCUT2D eigenvalue weighted by Gasteiger charge is -2.07. The Hall–Kier alpha value is -1.06. The Labute approximate surface area is 131 Å². The number of hydrogen-bond donors (Lipinski definition) is 0. The highest BCUT2D eigenvalue weighted by molar-refractivity contribution is 9.10. The van der Waals surface area contributed by atoms with E-state index in [0.717, 1.165) is 14.9 Å². The number of aryl methyl sites for hydroxylation is 2. The van der Waals surface area contributed by atoms with Crippen molar-refractivity contribution in [2.75, 3.05) is 0 Å². The van der Waals surface area contributed by atoms with Crippen molar-refractivity contribution in [3.8, 4) is 0 Å². The summed E-state index contributed by atoms with van der Waals surface area (Å²) in [5, 5.41) is 0. The first-order chi connectivity index (χ1) is 9.63. The van der Waals surface area contributed by atoms with Gasteiger partial charge in [-0.3, -0.25) is 4.79 Å². The van der Waals surface area contributed by atoms with E-state index in [9.17, 15) is 4.79 Å². The Morgan fingerprint density at radius 3 is 2.65 bits per heavy atom. The summed E-state index contributed by atoms with van der Waals surface area (Å²) in [5.74, 6) is 0.0970. The molecule has 1 aliphatic rings. The fourth-order valence-electron chi connectivity index (χ4n) is 2.54. The van der Waals surface area contributed by atoms with Gasteiger partial charge >= 0.3 is 0 Å². The zero-order valence-corrected chi connectivity index (χ0v) is 13.7. The molecule has 0 bridgehead atoms. The highest BCUT2D eigenvalue weighted by atomic mass is 79.9. The smallest absolute Gasteiger partial charge is 0.159 e. The predicted octanol–water partition coefficient (Wildman–Crippen LogP) is 5.29. The fraction of sp³-hybridized carbons (Fsp3) is 0.235. The van der Waals surface area contributed by atoms with E-state index in [1.165, 1.54) is 35.3 Å². The lowest BCUT2D eigenvalue weighted by molar-refractivity contribution is 0.101. The van der Waals surface area contributed by atoms with Crippen molar-refractivity contribution in [1.82, 2.24) is 0 Å². The van der Waals surface area contributed by atoms with Gasteiger partial charge in [0, 0.05) is 19.8 Å². The monoisotopic (exact) mass is 346 g/mol. The van der Waals surface area contributed by atoms with Crippen molar-refractivity contribution in [2.24, 2.45) is 0 Å². The second-order valence-electron chi connectivity index (χ2n) is 5.09. The van der Waals surface area contributed by atoms with Crippen molar-refractivity contribution >= 4 is 33.5 Å². The van der Waals surface area contributed by atoms with Gasteiger partial charge in [-0.25, -0.2) is 0 Å². The highest BCUT2D eigenvalue weighted by Gasteiger charge is 2.12. The Morgan fingerprint density at radius 2 is 1.90 bits per heavy atom. The molecule has 2 aromatic rings. The third kappa shape index (κ3) is 2.84. The molecule has 0 saturated heterocycles. The second kappa shape index (κ2) is 5.74. The molecule has 2 aromatic carbocycles. The first-order valence-corrected chi connectivity index (χ1v) is 8.34. The van der Waals surface area contributed by atoms with Crippen LogP contribution in [0.2, 0.25) is 0 Å². The lowest BCUT2D eigenvalue weighted by Crippen LogP contribution is -1.91. The standard InChI is InChI=1S/C17H15BrOS/c1-11(19)13-6-8-17(16(18)10-13)20-15-7-5-12-3-2-4-14(12)9-15/h5-10H,2-4H2,1H3. The van der Waals surface area contributed by atoms with Gasteiger partial charge in [-0.1, -0.05) is 23.9 Å². The molecule has 0 amide bonds. The van der Waals surface area contributed by atoms with Gasteiger partial charge in [-0.2, -0.15) is 0 Å². The number of rotatable bonds is 3. The topological polar surface area (TPSA) is 17.1 Å². The molecule has 0 radical (unpaired) electrons. The summed E-state index contributed by atoms with van der Waals surface area (Å²) in [4.78, 5) is 13.8. The Balaban J connectivity index is 1.86. The van der Waals surface area contributed by atoms with E-state index >= 15 is 0 Å². The molecule has 0 fully saturated rings. The van der Waals surface area contributed by atoms with Crippen molar-refractivity contribution in [3.63, 3.8) is 0 Å². The van der Waals surface area contributed by atoms with Crippen LogP contribution in [0, 0.1) is 0 Å². The first kappa shape index (κ1) is 13.9. The summed E-state index contributed by atoms with van der Waals surface area (Å²) < 4.78 is 0.982. The maximum Gasteiger partial charge on any atom is 0.159 e. The van der Waals surface area contributed by atoms with Crippen LogP contribution in [0.4, 0.5) is 0 Å².